The van der Waals surface area contributed by atoms with Crippen LogP contribution in [0.5, 0.6) is 0 Å². The Morgan fingerprint density at radius 1 is 0.892 bits per heavy atom. The van der Waals surface area contributed by atoms with E-state index in [0.29, 0.717) is 18.0 Å². The summed E-state index contributed by atoms with van der Waals surface area (Å²) >= 11 is 0. The van der Waals surface area contributed by atoms with Gasteiger partial charge in [0.15, 0.2) is 0 Å². The molecule has 0 bridgehead atoms. The minimum absolute atomic E-state index is 0.0138. The molecule has 0 aliphatic heterocycles. The number of anilines is 1. The van der Waals surface area contributed by atoms with Crippen LogP contribution in [0.25, 0.3) is 55.6 Å². The van der Waals surface area contributed by atoms with Gasteiger partial charge in [-0.25, -0.2) is 4.98 Å². The number of amides is 1. The largest absolute Gasteiger partial charge is 0.338 e. The lowest BCUT2D eigenvalue weighted by molar-refractivity contribution is -0.116. The van der Waals surface area contributed by atoms with Gasteiger partial charge in [0.2, 0.25) is 5.91 Å². The summed E-state index contributed by atoms with van der Waals surface area (Å²) < 4.78 is 0. The molecule has 1 aromatic carbocycles. The summed E-state index contributed by atoms with van der Waals surface area (Å²) in [5, 5.41) is 12.7. The quantitative estimate of drug-likeness (QED) is 0.258. The van der Waals surface area contributed by atoms with E-state index in [0.717, 1.165) is 55.6 Å². The van der Waals surface area contributed by atoms with E-state index in [1.54, 1.807) is 31.0 Å². The molecule has 0 unspecified atom stereocenters. The number of aromatic nitrogens is 6. The molecule has 3 N–H and O–H groups in total. The van der Waals surface area contributed by atoms with Crippen LogP contribution in [-0.4, -0.2) is 36.0 Å². The van der Waals surface area contributed by atoms with Crippen molar-refractivity contribution in [2.45, 2.75) is 20.3 Å². The van der Waals surface area contributed by atoms with Gasteiger partial charge in [-0.1, -0.05) is 19.9 Å². The highest BCUT2D eigenvalue weighted by atomic mass is 16.1. The van der Waals surface area contributed by atoms with Crippen LogP contribution in [0.15, 0.2) is 79.5 Å². The van der Waals surface area contributed by atoms with Gasteiger partial charge in [-0.15, -0.1) is 0 Å². The fourth-order valence-electron chi connectivity index (χ4n) is 4.59. The zero-order valence-electron chi connectivity index (χ0n) is 20.5. The molecule has 6 rings (SSSR count). The number of H-pyrrole nitrogens is 2. The molecular weight excluding hydrogens is 462 g/mol. The molecule has 37 heavy (non-hydrogen) atoms. The van der Waals surface area contributed by atoms with Crippen LogP contribution in [0.4, 0.5) is 5.69 Å². The fourth-order valence-corrected chi connectivity index (χ4v) is 4.59. The van der Waals surface area contributed by atoms with Gasteiger partial charge in [-0.3, -0.25) is 19.9 Å². The van der Waals surface area contributed by atoms with Gasteiger partial charge in [0.25, 0.3) is 0 Å². The number of pyridine rings is 3. The van der Waals surface area contributed by atoms with Crippen LogP contribution in [0, 0.1) is 5.92 Å². The first kappa shape index (κ1) is 22.6. The Bertz CT molecular complexity index is 1730. The van der Waals surface area contributed by atoms with E-state index in [1.807, 2.05) is 50.2 Å². The predicted molar refractivity (Wildman–Crippen MR) is 146 cm³/mol. The molecule has 0 spiro atoms. The minimum Gasteiger partial charge on any atom is -0.338 e. The summed E-state index contributed by atoms with van der Waals surface area (Å²) in [7, 11) is 0. The topological polar surface area (TPSA) is 112 Å². The van der Waals surface area contributed by atoms with Gasteiger partial charge in [0, 0.05) is 47.5 Å². The van der Waals surface area contributed by atoms with E-state index in [2.05, 4.69) is 47.6 Å². The fraction of sp³-hybridized carbons (Fsp3) is 0.138. The number of aromatic amines is 2. The molecule has 8 heteroatoms. The first-order valence-electron chi connectivity index (χ1n) is 12.2. The van der Waals surface area contributed by atoms with Gasteiger partial charge in [-0.05, 0) is 65.1 Å². The maximum Gasteiger partial charge on any atom is 0.224 e. The van der Waals surface area contributed by atoms with Crippen LogP contribution >= 0.6 is 0 Å². The lowest BCUT2D eigenvalue weighted by Gasteiger charge is -2.09. The van der Waals surface area contributed by atoms with Gasteiger partial charge in [0.05, 0.1) is 23.1 Å². The van der Waals surface area contributed by atoms with Gasteiger partial charge < -0.3 is 10.3 Å². The van der Waals surface area contributed by atoms with E-state index >= 15 is 0 Å². The number of nitrogens with zero attached hydrogens (tertiary/aromatic N) is 4. The van der Waals surface area contributed by atoms with Crippen molar-refractivity contribution in [3.8, 4) is 33.6 Å². The highest BCUT2D eigenvalue weighted by molar-refractivity contribution is 6.00. The summed E-state index contributed by atoms with van der Waals surface area (Å²) in [6.07, 6.45) is 9.32. The highest BCUT2D eigenvalue weighted by Gasteiger charge is 2.15. The smallest absolute Gasteiger partial charge is 0.224 e. The number of fused-ring (bicyclic) bond motifs is 2. The van der Waals surface area contributed by atoms with Crippen LogP contribution in [0.1, 0.15) is 20.3 Å². The molecule has 6 aromatic rings. The molecule has 8 nitrogen and oxygen atoms in total. The molecule has 0 fully saturated rings. The summed E-state index contributed by atoms with van der Waals surface area (Å²) in [5.41, 5.74) is 8.14. The predicted octanol–water partition coefficient (Wildman–Crippen LogP) is 6.21. The number of carbonyl (C=O) groups is 1. The second kappa shape index (κ2) is 9.31. The van der Waals surface area contributed by atoms with Crippen molar-refractivity contribution in [3.63, 3.8) is 0 Å². The van der Waals surface area contributed by atoms with Crippen molar-refractivity contribution < 1.29 is 4.79 Å². The zero-order valence-corrected chi connectivity index (χ0v) is 20.5. The third kappa shape index (κ3) is 4.45. The molecule has 182 valence electrons. The van der Waals surface area contributed by atoms with Gasteiger partial charge in [-0.2, -0.15) is 5.10 Å². The van der Waals surface area contributed by atoms with Crippen LogP contribution in [-0.2, 0) is 4.79 Å². The van der Waals surface area contributed by atoms with Crippen LogP contribution in [0.3, 0.4) is 0 Å². The first-order chi connectivity index (χ1) is 18.0. The molecule has 1 amide bonds. The normalized spacial score (nSPS) is 11.4. The minimum atomic E-state index is -0.0138. The average molecular weight is 488 g/mol. The number of rotatable bonds is 6. The summed E-state index contributed by atoms with van der Waals surface area (Å²) in [6, 6.07) is 16.1. The van der Waals surface area contributed by atoms with Gasteiger partial charge in [0.1, 0.15) is 11.3 Å². The third-order valence-electron chi connectivity index (χ3n) is 6.29. The number of hydrogen-bond donors (Lipinski definition) is 3. The summed E-state index contributed by atoms with van der Waals surface area (Å²) in [6.45, 7) is 4.05. The Morgan fingerprint density at radius 2 is 1.76 bits per heavy atom. The first-order valence-corrected chi connectivity index (χ1v) is 12.2. The van der Waals surface area contributed by atoms with Crippen molar-refractivity contribution in [1.29, 1.82) is 0 Å². The molecule has 0 saturated heterocycles. The Kier molecular flexibility index (Phi) is 5.69. The molecule has 0 radical (unpaired) electrons. The average Bonchev–Trinajstić information content (AvgIpc) is 3.52. The maximum atomic E-state index is 12.2. The number of carbonyl (C=O) groups excluding carboxylic acids is 1. The molecule has 0 atom stereocenters. The Morgan fingerprint density at radius 3 is 2.59 bits per heavy atom. The van der Waals surface area contributed by atoms with Crippen LogP contribution < -0.4 is 5.32 Å². The monoisotopic (exact) mass is 487 g/mol. The van der Waals surface area contributed by atoms with Crippen LogP contribution in [0.2, 0.25) is 0 Å². The van der Waals surface area contributed by atoms with E-state index in [1.165, 1.54) is 0 Å². The maximum absolute atomic E-state index is 12.2. The Balaban J connectivity index is 1.38. The van der Waals surface area contributed by atoms with Crippen molar-refractivity contribution >= 4 is 33.5 Å². The van der Waals surface area contributed by atoms with Gasteiger partial charge >= 0.3 is 0 Å². The number of hydrogen-bond acceptors (Lipinski definition) is 5. The molecule has 5 aromatic heterocycles. The molecule has 0 saturated carbocycles. The van der Waals surface area contributed by atoms with Crippen molar-refractivity contribution in [1.82, 2.24) is 30.1 Å². The second-order valence-corrected chi connectivity index (χ2v) is 9.48. The van der Waals surface area contributed by atoms with Crippen molar-refractivity contribution in [2.75, 3.05) is 5.32 Å². The summed E-state index contributed by atoms with van der Waals surface area (Å²) in [4.78, 5) is 28.7. The molecule has 0 aliphatic rings. The van der Waals surface area contributed by atoms with E-state index in [-0.39, 0.29) is 5.91 Å². The number of benzene rings is 1. The Hall–Kier alpha value is -4.85. The SMILES string of the molecule is CC(C)CC(=O)Nc1cncc(-c2ccc3[nH]nc(-c4cc5c(-c6ccncc6)ccnc5[nH]4)c3c2)c1. The summed E-state index contributed by atoms with van der Waals surface area (Å²) in [5.74, 6) is 0.277. The van der Waals surface area contributed by atoms with Crippen molar-refractivity contribution in [3.05, 3.63) is 79.5 Å². The zero-order chi connectivity index (χ0) is 25.4. The Labute approximate surface area is 213 Å². The standard InChI is InChI=1S/C29H25N7O/c1-17(2)11-27(37)33-21-12-20(15-31-16-21)19-3-4-25-24(13-19)28(36-35-25)26-14-23-22(7-10-32-29(23)34-26)18-5-8-30-9-6-18/h3-10,12-17H,11H2,1-2H3,(H,32,34)(H,33,37)(H,35,36). The lowest BCUT2D eigenvalue weighted by Crippen LogP contribution is -2.13. The van der Waals surface area contributed by atoms with E-state index in [4.69, 9.17) is 0 Å². The van der Waals surface area contributed by atoms with E-state index < -0.39 is 0 Å². The third-order valence-corrected chi connectivity index (χ3v) is 6.29. The second-order valence-electron chi connectivity index (χ2n) is 9.48. The molecule has 5 heterocycles. The van der Waals surface area contributed by atoms with E-state index in [9.17, 15) is 4.79 Å². The van der Waals surface area contributed by atoms with Crippen molar-refractivity contribution in [2.24, 2.45) is 5.92 Å². The highest BCUT2D eigenvalue weighted by Crippen LogP contribution is 2.34. The lowest BCUT2D eigenvalue weighted by atomic mass is 10.0. The molecular formula is C29H25N7O. The molecule has 0 aliphatic carbocycles. The number of nitrogens with one attached hydrogen (secondary N) is 3.